The maximum atomic E-state index is 12.9. The van der Waals surface area contributed by atoms with E-state index in [9.17, 15) is 4.79 Å². The lowest BCUT2D eigenvalue weighted by molar-refractivity contribution is -0.138. The molecule has 108 valence electrons. The molecule has 1 saturated carbocycles. The van der Waals surface area contributed by atoms with Crippen LogP contribution >= 0.6 is 0 Å². The molecule has 1 amide bonds. The summed E-state index contributed by atoms with van der Waals surface area (Å²) in [4.78, 5) is 15.2. The maximum Gasteiger partial charge on any atom is 0.226 e. The second kappa shape index (κ2) is 5.82. The number of carbonyl (C=O) groups is 1. The van der Waals surface area contributed by atoms with Gasteiger partial charge in [-0.2, -0.15) is 0 Å². The van der Waals surface area contributed by atoms with Crippen LogP contribution in [0.2, 0.25) is 0 Å². The molecule has 0 spiro atoms. The van der Waals surface area contributed by atoms with Crippen LogP contribution in [-0.2, 0) is 4.79 Å². The Bertz CT molecular complexity index is 323. The molecule has 1 N–H and O–H groups in total. The monoisotopic (exact) mass is 264 g/mol. The Labute approximate surface area is 117 Å². The minimum Gasteiger partial charge on any atom is -0.335 e. The molecule has 0 aromatic heterocycles. The summed E-state index contributed by atoms with van der Waals surface area (Å²) in [5.74, 6) is 1.51. The van der Waals surface area contributed by atoms with Crippen LogP contribution in [0.5, 0.6) is 0 Å². The molecule has 2 heterocycles. The van der Waals surface area contributed by atoms with Gasteiger partial charge < -0.3 is 10.2 Å². The van der Waals surface area contributed by atoms with Crippen LogP contribution in [0.1, 0.15) is 58.3 Å². The van der Waals surface area contributed by atoms with Gasteiger partial charge in [-0.1, -0.05) is 32.1 Å². The first-order valence-electron chi connectivity index (χ1n) is 8.30. The zero-order chi connectivity index (χ0) is 13.2. The fourth-order valence-electron chi connectivity index (χ4n) is 4.46. The van der Waals surface area contributed by atoms with Gasteiger partial charge in [0.2, 0.25) is 5.91 Å². The van der Waals surface area contributed by atoms with E-state index in [1.807, 2.05) is 0 Å². The van der Waals surface area contributed by atoms with Crippen LogP contribution in [0, 0.1) is 11.8 Å². The lowest BCUT2D eigenvalue weighted by Gasteiger charge is -2.32. The van der Waals surface area contributed by atoms with Crippen LogP contribution in [0.3, 0.4) is 0 Å². The van der Waals surface area contributed by atoms with Crippen LogP contribution in [0.4, 0.5) is 0 Å². The predicted octanol–water partition coefficient (Wildman–Crippen LogP) is 2.56. The minimum atomic E-state index is 0.321. The normalized spacial score (nSPS) is 36.9. The van der Waals surface area contributed by atoms with E-state index in [1.165, 1.54) is 38.5 Å². The third-order valence-corrected chi connectivity index (χ3v) is 5.49. The molecular weight excluding hydrogens is 236 g/mol. The Hall–Kier alpha value is -0.570. The van der Waals surface area contributed by atoms with E-state index in [0.29, 0.717) is 29.8 Å². The van der Waals surface area contributed by atoms with Gasteiger partial charge in [0.05, 0.1) is 0 Å². The number of hydrogen-bond donors (Lipinski definition) is 1. The summed E-state index contributed by atoms with van der Waals surface area (Å²) < 4.78 is 0. The number of rotatable bonds is 1. The summed E-state index contributed by atoms with van der Waals surface area (Å²) in [7, 11) is 0. The number of nitrogens with zero attached hydrogens (tertiary/aromatic N) is 1. The largest absolute Gasteiger partial charge is 0.335 e. The zero-order valence-electron chi connectivity index (χ0n) is 12.2. The van der Waals surface area contributed by atoms with Crippen LogP contribution in [0.15, 0.2) is 0 Å². The van der Waals surface area contributed by atoms with Crippen molar-refractivity contribution in [1.29, 1.82) is 0 Å². The van der Waals surface area contributed by atoms with Crippen molar-refractivity contribution in [3.63, 3.8) is 0 Å². The molecular formula is C16H28N2O. The van der Waals surface area contributed by atoms with Crippen molar-refractivity contribution < 1.29 is 4.79 Å². The van der Waals surface area contributed by atoms with E-state index in [0.717, 1.165) is 25.9 Å². The van der Waals surface area contributed by atoms with E-state index in [1.54, 1.807) is 0 Å². The van der Waals surface area contributed by atoms with E-state index in [-0.39, 0.29) is 0 Å². The molecule has 0 aromatic carbocycles. The third-order valence-electron chi connectivity index (χ3n) is 5.49. The number of nitrogens with one attached hydrogen (secondary N) is 1. The van der Waals surface area contributed by atoms with E-state index in [4.69, 9.17) is 0 Å². The maximum absolute atomic E-state index is 12.9. The Balaban J connectivity index is 1.67. The first kappa shape index (κ1) is 13.4. The quantitative estimate of drug-likeness (QED) is 0.789. The summed E-state index contributed by atoms with van der Waals surface area (Å²) in [6.45, 7) is 4.38. The summed E-state index contributed by atoms with van der Waals surface area (Å²) in [5.41, 5.74) is 0. The van der Waals surface area contributed by atoms with E-state index >= 15 is 0 Å². The molecule has 0 aromatic rings. The molecule has 0 radical (unpaired) electrons. The molecule has 3 nitrogen and oxygen atoms in total. The van der Waals surface area contributed by atoms with Crippen LogP contribution in [0.25, 0.3) is 0 Å². The molecule has 3 heteroatoms. The predicted molar refractivity (Wildman–Crippen MR) is 76.9 cm³/mol. The zero-order valence-corrected chi connectivity index (χ0v) is 12.2. The van der Waals surface area contributed by atoms with Gasteiger partial charge >= 0.3 is 0 Å². The molecule has 3 aliphatic rings. The van der Waals surface area contributed by atoms with Crippen molar-refractivity contribution in [2.75, 3.05) is 13.1 Å². The average Bonchev–Trinajstić information content (AvgIpc) is 2.87. The van der Waals surface area contributed by atoms with Gasteiger partial charge in [-0.3, -0.25) is 4.79 Å². The average molecular weight is 264 g/mol. The topological polar surface area (TPSA) is 32.3 Å². The van der Waals surface area contributed by atoms with Gasteiger partial charge in [0.1, 0.15) is 0 Å². The first-order valence-corrected chi connectivity index (χ1v) is 8.30. The lowest BCUT2D eigenvalue weighted by atomic mass is 9.89. The standard InChI is InChI=1S/C16H28N2O/c1-12-9-14-10-17-11-15(14)18(12)16(19)13-7-5-3-2-4-6-8-13/h12-15,17H,2-11H2,1H3. The third kappa shape index (κ3) is 2.67. The Kier molecular flexibility index (Phi) is 4.11. The molecule has 3 fully saturated rings. The van der Waals surface area contributed by atoms with Gasteiger partial charge in [0, 0.05) is 31.1 Å². The highest BCUT2D eigenvalue weighted by molar-refractivity contribution is 5.80. The van der Waals surface area contributed by atoms with Gasteiger partial charge in [0.15, 0.2) is 0 Å². The number of amides is 1. The summed E-state index contributed by atoms with van der Waals surface area (Å²) >= 11 is 0. The van der Waals surface area contributed by atoms with Crippen molar-refractivity contribution >= 4 is 5.91 Å². The number of hydrogen-bond acceptors (Lipinski definition) is 2. The van der Waals surface area contributed by atoms with Gasteiger partial charge in [0.25, 0.3) is 0 Å². The van der Waals surface area contributed by atoms with Gasteiger partial charge in [-0.05, 0) is 32.1 Å². The van der Waals surface area contributed by atoms with Crippen molar-refractivity contribution in [1.82, 2.24) is 10.2 Å². The molecule has 3 atom stereocenters. The molecule has 2 aliphatic heterocycles. The van der Waals surface area contributed by atoms with E-state index in [2.05, 4.69) is 17.1 Å². The van der Waals surface area contributed by atoms with Gasteiger partial charge in [-0.15, -0.1) is 0 Å². The van der Waals surface area contributed by atoms with Crippen LogP contribution in [-0.4, -0.2) is 36.0 Å². The summed E-state index contributed by atoms with van der Waals surface area (Å²) in [6, 6.07) is 0.961. The first-order chi connectivity index (χ1) is 9.27. The van der Waals surface area contributed by atoms with Gasteiger partial charge in [-0.25, -0.2) is 0 Å². The fraction of sp³-hybridized carbons (Fsp3) is 0.938. The number of fused-ring (bicyclic) bond motifs is 1. The highest BCUT2D eigenvalue weighted by Crippen LogP contribution is 2.35. The summed E-state index contributed by atoms with van der Waals surface area (Å²) in [6.07, 6.45) is 10.0. The van der Waals surface area contributed by atoms with Crippen molar-refractivity contribution in [3.05, 3.63) is 0 Å². The molecule has 19 heavy (non-hydrogen) atoms. The fourth-order valence-corrected chi connectivity index (χ4v) is 4.46. The molecule has 3 unspecified atom stereocenters. The number of likely N-dealkylation sites (tertiary alicyclic amines) is 1. The smallest absolute Gasteiger partial charge is 0.226 e. The summed E-state index contributed by atoms with van der Waals surface area (Å²) in [5, 5.41) is 3.46. The van der Waals surface area contributed by atoms with E-state index < -0.39 is 0 Å². The van der Waals surface area contributed by atoms with Crippen LogP contribution < -0.4 is 5.32 Å². The van der Waals surface area contributed by atoms with Crippen molar-refractivity contribution in [2.45, 2.75) is 70.4 Å². The second-order valence-electron chi connectivity index (χ2n) is 6.86. The van der Waals surface area contributed by atoms with Crippen molar-refractivity contribution in [3.8, 4) is 0 Å². The Morgan fingerprint density at radius 2 is 1.74 bits per heavy atom. The second-order valence-corrected chi connectivity index (χ2v) is 6.86. The highest BCUT2D eigenvalue weighted by Gasteiger charge is 2.45. The molecule has 1 aliphatic carbocycles. The molecule has 0 bridgehead atoms. The van der Waals surface area contributed by atoms with Crippen molar-refractivity contribution in [2.24, 2.45) is 11.8 Å². The number of carbonyl (C=O) groups excluding carboxylic acids is 1. The molecule has 3 rings (SSSR count). The Morgan fingerprint density at radius 3 is 2.47 bits per heavy atom. The SMILES string of the molecule is CC1CC2CNCC2N1C(=O)C1CCCCCCC1. The lowest BCUT2D eigenvalue weighted by Crippen LogP contribution is -2.45. The Morgan fingerprint density at radius 1 is 1.05 bits per heavy atom. The highest BCUT2D eigenvalue weighted by atomic mass is 16.2. The molecule has 2 saturated heterocycles. The minimum absolute atomic E-state index is 0.321.